The second-order valence-corrected chi connectivity index (χ2v) is 4.84. The summed E-state index contributed by atoms with van der Waals surface area (Å²) in [6, 6.07) is 14.2. The zero-order valence-corrected chi connectivity index (χ0v) is 15.3. The molecule has 22 heavy (non-hydrogen) atoms. The zero-order chi connectivity index (χ0) is 17.4. The molecule has 2 nitrogen and oxygen atoms in total. The SMILES string of the molecule is CC.CCCS.Cc1ccc(O)cc1.Cc1ccc(O)cc1. The van der Waals surface area contributed by atoms with E-state index >= 15 is 0 Å². The second kappa shape index (κ2) is 15.8. The van der Waals surface area contributed by atoms with Crippen LogP contribution in [0.1, 0.15) is 38.3 Å². The largest absolute Gasteiger partial charge is 0.508 e. The summed E-state index contributed by atoms with van der Waals surface area (Å²) in [5.74, 6) is 1.67. The summed E-state index contributed by atoms with van der Waals surface area (Å²) in [4.78, 5) is 0. The van der Waals surface area contributed by atoms with Gasteiger partial charge in [0.1, 0.15) is 11.5 Å². The standard InChI is InChI=1S/2C7H8O.C3H8S.C2H6/c2*1-6-2-4-7(8)5-3-6;1-2-3-4;1-2/h2*2-5,8H,1H3;4H,2-3H2,1H3;1-2H3. The van der Waals surface area contributed by atoms with Crippen molar-refractivity contribution in [1.82, 2.24) is 0 Å². The molecule has 0 bridgehead atoms. The van der Waals surface area contributed by atoms with Crippen LogP contribution in [0.25, 0.3) is 0 Å². The highest BCUT2D eigenvalue weighted by molar-refractivity contribution is 7.80. The van der Waals surface area contributed by atoms with E-state index in [1.165, 1.54) is 17.5 Å². The monoisotopic (exact) mass is 322 g/mol. The molecule has 0 saturated carbocycles. The summed E-state index contributed by atoms with van der Waals surface area (Å²) in [5.41, 5.74) is 2.34. The predicted molar refractivity (Wildman–Crippen MR) is 101 cm³/mol. The Hall–Kier alpha value is -1.61. The van der Waals surface area contributed by atoms with E-state index in [9.17, 15) is 0 Å². The molecular formula is C19H30O2S. The van der Waals surface area contributed by atoms with Crippen LogP contribution >= 0.6 is 12.6 Å². The maximum Gasteiger partial charge on any atom is 0.115 e. The Kier molecular flexibility index (Phi) is 16.3. The Balaban J connectivity index is 0. The van der Waals surface area contributed by atoms with Crippen molar-refractivity contribution < 1.29 is 10.2 Å². The summed E-state index contributed by atoms with van der Waals surface area (Å²) < 4.78 is 0. The number of phenols is 2. The fourth-order valence-corrected chi connectivity index (χ4v) is 1.09. The van der Waals surface area contributed by atoms with Gasteiger partial charge in [-0.25, -0.2) is 0 Å². The number of phenolic OH excluding ortho intramolecular Hbond substituents is 2. The second-order valence-electron chi connectivity index (χ2n) is 4.39. The van der Waals surface area contributed by atoms with Crippen molar-refractivity contribution in [3.63, 3.8) is 0 Å². The van der Waals surface area contributed by atoms with Gasteiger partial charge in [-0.1, -0.05) is 56.2 Å². The molecule has 0 aliphatic rings. The van der Waals surface area contributed by atoms with E-state index in [4.69, 9.17) is 10.2 Å². The molecular weight excluding hydrogens is 292 g/mol. The van der Waals surface area contributed by atoms with E-state index in [0.717, 1.165) is 5.75 Å². The number of aromatic hydroxyl groups is 2. The van der Waals surface area contributed by atoms with E-state index < -0.39 is 0 Å². The molecule has 0 spiro atoms. The van der Waals surface area contributed by atoms with Crippen LogP contribution in [0.5, 0.6) is 11.5 Å². The van der Waals surface area contributed by atoms with Gasteiger partial charge in [0.15, 0.2) is 0 Å². The molecule has 0 unspecified atom stereocenters. The molecule has 0 aliphatic carbocycles. The molecule has 0 fully saturated rings. The molecule has 0 amide bonds. The third-order valence-corrected chi connectivity index (χ3v) is 2.74. The van der Waals surface area contributed by atoms with Crippen molar-refractivity contribution in [2.24, 2.45) is 0 Å². The molecule has 0 heterocycles. The molecule has 0 radical (unpaired) electrons. The Morgan fingerprint density at radius 3 is 1.09 bits per heavy atom. The summed E-state index contributed by atoms with van der Waals surface area (Å²) >= 11 is 3.92. The lowest BCUT2D eigenvalue weighted by Crippen LogP contribution is -1.66. The molecule has 2 aromatic carbocycles. The first kappa shape index (κ1) is 22.7. The maximum absolute atomic E-state index is 8.76. The summed E-state index contributed by atoms with van der Waals surface area (Å²) in [6.07, 6.45) is 1.18. The lowest BCUT2D eigenvalue weighted by molar-refractivity contribution is 0.474. The number of aryl methyl sites for hydroxylation is 2. The highest BCUT2D eigenvalue weighted by Gasteiger charge is 1.82. The van der Waals surface area contributed by atoms with Gasteiger partial charge < -0.3 is 10.2 Å². The molecule has 124 valence electrons. The number of thiol groups is 1. The molecule has 0 saturated heterocycles. The first-order valence-electron chi connectivity index (χ1n) is 7.61. The van der Waals surface area contributed by atoms with Gasteiger partial charge in [0, 0.05) is 0 Å². The fourth-order valence-electron chi connectivity index (χ4n) is 1.09. The molecule has 2 rings (SSSR count). The van der Waals surface area contributed by atoms with Crippen LogP contribution in [-0.2, 0) is 0 Å². The quantitative estimate of drug-likeness (QED) is 0.585. The first-order chi connectivity index (χ1) is 10.5. The van der Waals surface area contributed by atoms with Crippen LogP contribution in [0.3, 0.4) is 0 Å². The van der Waals surface area contributed by atoms with Gasteiger partial charge in [-0.3, -0.25) is 0 Å². The highest BCUT2D eigenvalue weighted by atomic mass is 32.1. The minimum absolute atomic E-state index is 0.329. The highest BCUT2D eigenvalue weighted by Crippen LogP contribution is 2.08. The van der Waals surface area contributed by atoms with Crippen LogP contribution in [0.2, 0.25) is 0 Å². The third kappa shape index (κ3) is 14.8. The number of rotatable bonds is 1. The number of hydrogen-bond acceptors (Lipinski definition) is 3. The normalized spacial score (nSPS) is 8.27. The van der Waals surface area contributed by atoms with Gasteiger partial charge in [-0.2, -0.15) is 12.6 Å². The van der Waals surface area contributed by atoms with E-state index in [1.807, 2.05) is 52.0 Å². The lowest BCUT2D eigenvalue weighted by Gasteiger charge is -1.89. The Bertz CT molecular complexity index is 362. The molecule has 0 aliphatic heterocycles. The van der Waals surface area contributed by atoms with Crippen molar-refractivity contribution in [3.8, 4) is 11.5 Å². The predicted octanol–water partition coefficient (Wildman–Crippen LogP) is 5.75. The molecule has 2 aromatic rings. The van der Waals surface area contributed by atoms with E-state index in [-0.39, 0.29) is 0 Å². The smallest absolute Gasteiger partial charge is 0.115 e. The van der Waals surface area contributed by atoms with Gasteiger partial charge in [0.25, 0.3) is 0 Å². The van der Waals surface area contributed by atoms with Crippen LogP contribution in [0.15, 0.2) is 48.5 Å². The van der Waals surface area contributed by atoms with Gasteiger partial charge >= 0.3 is 0 Å². The Labute approximate surface area is 141 Å². The average Bonchev–Trinajstić information content (AvgIpc) is 2.56. The summed E-state index contributed by atoms with van der Waals surface area (Å²) in [6.45, 7) is 10.1. The topological polar surface area (TPSA) is 40.5 Å². The molecule has 2 N–H and O–H groups in total. The first-order valence-corrected chi connectivity index (χ1v) is 8.25. The van der Waals surface area contributed by atoms with Crippen LogP contribution in [0, 0.1) is 13.8 Å². The Morgan fingerprint density at radius 2 is 0.955 bits per heavy atom. The maximum atomic E-state index is 8.76. The van der Waals surface area contributed by atoms with Crippen LogP contribution in [-0.4, -0.2) is 16.0 Å². The van der Waals surface area contributed by atoms with E-state index in [1.54, 1.807) is 24.3 Å². The van der Waals surface area contributed by atoms with Crippen LogP contribution < -0.4 is 0 Å². The summed E-state index contributed by atoms with van der Waals surface area (Å²) in [7, 11) is 0. The van der Waals surface area contributed by atoms with E-state index in [0.29, 0.717) is 11.5 Å². The van der Waals surface area contributed by atoms with Crippen molar-refractivity contribution in [2.75, 3.05) is 5.75 Å². The molecule has 0 atom stereocenters. The van der Waals surface area contributed by atoms with Gasteiger partial charge in [-0.05, 0) is 50.3 Å². The minimum atomic E-state index is 0.329. The lowest BCUT2D eigenvalue weighted by atomic mass is 10.2. The number of benzene rings is 2. The molecule has 0 aromatic heterocycles. The number of hydrogen-bond donors (Lipinski definition) is 3. The van der Waals surface area contributed by atoms with Gasteiger partial charge in [0.2, 0.25) is 0 Å². The van der Waals surface area contributed by atoms with E-state index in [2.05, 4.69) is 19.6 Å². The van der Waals surface area contributed by atoms with Crippen molar-refractivity contribution in [3.05, 3.63) is 59.7 Å². The molecule has 3 heteroatoms. The van der Waals surface area contributed by atoms with Gasteiger partial charge in [-0.15, -0.1) is 0 Å². The fraction of sp³-hybridized carbons (Fsp3) is 0.368. The average molecular weight is 323 g/mol. The van der Waals surface area contributed by atoms with Gasteiger partial charge in [0.05, 0.1) is 0 Å². The van der Waals surface area contributed by atoms with Crippen molar-refractivity contribution in [1.29, 1.82) is 0 Å². The van der Waals surface area contributed by atoms with Crippen LogP contribution in [0.4, 0.5) is 0 Å². The Morgan fingerprint density at radius 1 is 0.727 bits per heavy atom. The summed E-state index contributed by atoms with van der Waals surface area (Å²) in [5, 5.41) is 17.5. The van der Waals surface area contributed by atoms with Crippen molar-refractivity contribution in [2.45, 2.75) is 41.0 Å². The minimum Gasteiger partial charge on any atom is -0.508 e. The zero-order valence-electron chi connectivity index (χ0n) is 14.4. The third-order valence-electron chi connectivity index (χ3n) is 2.29. The van der Waals surface area contributed by atoms with Crippen molar-refractivity contribution >= 4 is 12.6 Å².